The van der Waals surface area contributed by atoms with Gasteiger partial charge in [-0.1, -0.05) is 11.3 Å². The van der Waals surface area contributed by atoms with Gasteiger partial charge in [0.05, 0.1) is 32.3 Å². The van der Waals surface area contributed by atoms with Crippen LogP contribution in [-0.2, 0) is 10.9 Å². The molecule has 0 aromatic carbocycles. The first-order valence-corrected chi connectivity index (χ1v) is 10.7. The summed E-state index contributed by atoms with van der Waals surface area (Å²) < 4.78 is 56.6. The van der Waals surface area contributed by atoms with E-state index in [-0.39, 0.29) is 32.9 Å². The van der Waals surface area contributed by atoms with Crippen molar-refractivity contribution in [2.75, 3.05) is 50.7 Å². The van der Waals surface area contributed by atoms with Crippen molar-refractivity contribution in [3.8, 4) is 22.2 Å². The first-order chi connectivity index (χ1) is 16.3. The molecular weight excluding hydrogens is 477 g/mol. The van der Waals surface area contributed by atoms with Gasteiger partial charge in [-0.15, -0.1) is 0 Å². The van der Waals surface area contributed by atoms with Gasteiger partial charge in [0.1, 0.15) is 12.1 Å². The fourth-order valence-corrected chi connectivity index (χ4v) is 4.25. The van der Waals surface area contributed by atoms with Gasteiger partial charge in [-0.05, 0) is 12.1 Å². The van der Waals surface area contributed by atoms with Crippen molar-refractivity contribution in [1.29, 1.82) is 0 Å². The maximum absolute atomic E-state index is 13.7. The van der Waals surface area contributed by atoms with Crippen molar-refractivity contribution >= 4 is 28.2 Å². The maximum atomic E-state index is 13.7. The van der Waals surface area contributed by atoms with E-state index in [1.54, 1.807) is 12.1 Å². The van der Waals surface area contributed by atoms with Gasteiger partial charge in [-0.2, -0.15) is 13.2 Å². The van der Waals surface area contributed by atoms with Gasteiger partial charge in [0.25, 0.3) is 5.91 Å². The second kappa shape index (κ2) is 9.77. The molecule has 34 heavy (non-hydrogen) atoms. The van der Waals surface area contributed by atoms with Gasteiger partial charge < -0.3 is 19.1 Å². The van der Waals surface area contributed by atoms with Gasteiger partial charge in [-0.25, -0.2) is 19.9 Å². The molecule has 1 fully saturated rings. The normalized spacial score (nSPS) is 14.1. The van der Waals surface area contributed by atoms with E-state index in [4.69, 9.17) is 14.2 Å². The Morgan fingerprint density at radius 1 is 1.12 bits per heavy atom. The van der Waals surface area contributed by atoms with E-state index in [9.17, 15) is 18.0 Å². The molecule has 1 amide bonds. The average Bonchev–Trinajstić information content (AvgIpc) is 3.28. The Hall–Kier alpha value is -3.52. The summed E-state index contributed by atoms with van der Waals surface area (Å²) in [5.41, 5.74) is -1.08. The van der Waals surface area contributed by atoms with Gasteiger partial charge >= 0.3 is 6.18 Å². The van der Waals surface area contributed by atoms with E-state index in [1.807, 2.05) is 4.90 Å². The Morgan fingerprint density at radius 3 is 2.35 bits per heavy atom. The minimum absolute atomic E-state index is 0.0972. The fraction of sp³-hybridized carbons (Fsp3) is 0.350. The van der Waals surface area contributed by atoms with Crippen LogP contribution >= 0.6 is 11.3 Å². The third-order valence-corrected chi connectivity index (χ3v) is 5.87. The third-order valence-electron chi connectivity index (χ3n) is 4.85. The second-order valence-corrected chi connectivity index (χ2v) is 7.92. The molecule has 0 unspecified atom stereocenters. The topological polar surface area (TPSA) is 112 Å². The third kappa shape index (κ3) is 4.87. The van der Waals surface area contributed by atoms with E-state index >= 15 is 0 Å². The summed E-state index contributed by atoms with van der Waals surface area (Å²) >= 11 is 0.672. The smallest absolute Gasteiger partial charge is 0.434 e. The fourth-order valence-electron chi connectivity index (χ4n) is 3.28. The van der Waals surface area contributed by atoms with E-state index in [2.05, 4.69) is 25.3 Å². The SMILES string of the molecule is COc1ncnc(OC)c1C(=O)Nc1nc(C(F)(F)F)c(-c2ccc(N3CCOCC3)nc2)s1. The number of aromatic nitrogens is 4. The molecule has 4 rings (SSSR count). The van der Waals surface area contributed by atoms with Gasteiger partial charge in [0.2, 0.25) is 11.8 Å². The number of amides is 1. The molecule has 1 aliphatic rings. The van der Waals surface area contributed by atoms with Crippen LogP contribution in [0, 0.1) is 0 Å². The number of carbonyl (C=O) groups is 1. The van der Waals surface area contributed by atoms with Crippen molar-refractivity contribution in [1.82, 2.24) is 19.9 Å². The Balaban J connectivity index is 1.64. The molecule has 14 heteroatoms. The first kappa shape index (κ1) is 23.6. The summed E-state index contributed by atoms with van der Waals surface area (Å²) in [6, 6.07) is 3.19. The number of hydrogen-bond acceptors (Lipinski definition) is 10. The van der Waals surface area contributed by atoms with Crippen LogP contribution in [0.2, 0.25) is 0 Å². The largest absolute Gasteiger partial charge is 0.480 e. The lowest BCUT2D eigenvalue weighted by molar-refractivity contribution is -0.140. The highest BCUT2D eigenvalue weighted by atomic mass is 32.1. The Labute approximate surface area is 195 Å². The number of nitrogens with zero attached hydrogens (tertiary/aromatic N) is 5. The van der Waals surface area contributed by atoms with E-state index in [0.29, 0.717) is 43.5 Å². The zero-order valence-corrected chi connectivity index (χ0v) is 18.9. The number of pyridine rings is 1. The summed E-state index contributed by atoms with van der Waals surface area (Å²) in [6.07, 6.45) is -2.26. The molecule has 0 atom stereocenters. The van der Waals surface area contributed by atoms with Crippen LogP contribution in [0.25, 0.3) is 10.4 Å². The van der Waals surface area contributed by atoms with Crippen LogP contribution in [0.1, 0.15) is 16.1 Å². The molecule has 0 bridgehead atoms. The van der Waals surface area contributed by atoms with Crippen LogP contribution in [0.3, 0.4) is 0 Å². The number of morpholine rings is 1. The number of ether oxygens (including phenoxy) is 3. The van der Waals surface area contributed by atoms with Gasteiger partial charge in [0, 0.05) is 24.8 Å². The molecule has 0 radical (unpaired) electrons. The summed E-state index contributed by atoms with van der Waals surface area (Å²) in [5.74, 6) is -0.383. The van der Waals surface area contributed by atoms with Crippen LogP contribution in [0.5, 0.6) is 11.8 Å². The van der Waals surface area contributed by atoms with Crippen molar-refractivity contribution < 1.29 is 32.2 Å². The molecule has 10 nitrogen and oxygen atoms in total. The average molecular weight is 496 g/mol. The summed E-state index contributed by atoms with van der Waals surface area (Å²) in [7, 11) is 2.57. The molecule has 4 heterocycles. The molecule has 3 aromatic heterocycles. The number of alkyl halides is 3. The van der Waals surface area contributed by atoms with Crippen LogP contribution in [0.4, 0.5) is 24.1 Å². The van der Waals surface area contributed by atoms with E-state index < -0.39 is 17.8 Å². The number of halogens is 3. The number of nitrogens with one attached hydrogen (secondary N) is 1. The molecule has 3 aromatic rings. The van der Waals surface area contributed by atoms with E-state index in [0.717, 1.165) is 6.33 Å². The number of hydrogen-bond donors (Lipinski definition) is 1. The number of rotatable bonds is 6. The van der Waals surface area contributed by atoms with Crippen LogP contribution in [0.15, 0.2) is 24.7 Å². The Bertz CT molecular complexity index is 1140. The molecule has 180 valence electrons. The molecule has 0 spiro atoms. The van der Waals surface area contributed by atoms with Gasteiger partial charge in [0.15, 0.2) is 16.4 Å². The standard InChI is InChI=1S/C20H19F3N6O4S/c1-31-17-13(18(32-2)26-10-25-17)16(30)28-19-27-15(20(21,22)23)14(34-19)11-3-4-12(24-9-11)29-5-7-33-8-6-29/h3-4,9-10H,5-8H2,1-2H3,(H,27,28,30). The van der Waals surface area contributed by atoms with Crippen molar-refractivity contribution in [2.24, 2.45) is 0 Å². The highest BCUT2D eigenvalue weighted by Gasteiger charge is 2.38. The van der Waals surface area contributed by atoms with Gasteiger partial charge in [-0.3, -0.25) is 10.1 Å². The molecular formula is C20H19F3N6O4S. The lowest BCUT2D eigenvalue weighted by Gasteiger charge is -2.27. The summed E-state index contributed by atoms with van der Waals surface area (Å²) in [5, 5.41) is 2.09. The summed E-state index contributed by atoms with van der Waals surface area (Å²) in [4.78, 5) is 30.2. The first-order valence-electron chi connectivity index (χ1n) is 9.93. The quantitative estimate of drug-likeness (QED) is 0.550. The summed E-state index contributed by atoms with van der Waals surface area (Å²) in [6.45, 7) is 2.41. The van der Waals surface area contributed by atoms with Crippen molar-refractivity contribution in [2.45, 2.75) is 6.18 Å². The van der Waals surface area contributed by atoms with Crippen molar-refractivity contribution in [3.63, 3.8) is 0 Å². The zero-order valence-electron chi connectivity index (χ0n) is 18.0. The molecule has 1 aliphatic heterocycles. The molecule has 1 saturated heterocycles. The highest BCUT2D eigenvalue weighted by Crippen LogP contribution is 2.42. The second-order valence-electron chi connectivity index (χ2n) is 6.92. The Morgan fingerprint density at radius 2 is 1.79 bits per heavy atom. The number of carbonyl (C=O) groups excluding carboxylic acids is 1. The highest BCUT2D eigenvalue weighted by molar-refractivity contribution is 7.19. The molecule has 1 N–H and O–H groups in total. The monoisotopic (exact) mass is 496 g/mol. The van der Waals surface area contributed by atoms with E-state index in [1.165, 1.54) is 20.4 Å². The molecule has 0 aliphatic carbocycles. The minimum Gasteiger partial charge on any atom is -0.480 e. The number of methoxy groups -OCH3 is 2. The van der Waals surface area contributed by atoms with Crippen LogP contribution < -0.4 is 19.7 Å². The molecule has 0 saturated carbocycles. The van der Waals surface area contributed by atoms with Crippen LogP contribution in [-0.4, -0.2) is 66.4 Å². The maximum Gasteiger partial charge on any atom is 0.434 e. The minimum atomic E-state index is -4.75. The Kier molecular flexibility index (Phi) is 6.79. The van der Waals surface area contributed by atoms with Crippen molar-refractivity contribution in [3.05, 3.63) is 35.9 Å². The zero-order chi connectivity index (χ0) is 24.3. The number of thiazole rings is 1. The lowest BCUT2D eigenvalue weighted by Crippen LogP contribution is -2.36. The predicted molar refractivity (Wildman–Crippen MR) is 116 cm³/mol. The lowest BCUT2D eigenvalue weighted by atomic mass is 10.2. The predicted octanol–water partition coefficient (Wildman–Crippen LogP) is 3.12. The number of anilines is 2.